The Balaban J connectivity index is 1.73. The van der Waals surface area contributed by atoms with Gasteiger partial charge in [-0.15, -0.1) is 10.2 Å². The second-order valence-corrected chi connectivity index (χ2v) is 5.52. The zero-order chi connectivity index (χ0) is 15.5. The van der Waals surface area contributed by atoms with Gasteiger partial charge in [-0.2, -0.15) is 0 Å². The van der Waals surface area contributed by atoms with Crippen LogP contribution in [0.4, 0.5) is 0 Å². The van der Waals surface area contributed by atoms with Gasteiger partial charge >= 0.3 is 0 Å². The summed E-state index contributed by atoms with van der Waals surface area (Å²) in [5, 5.41) is 8.84. The first-order valence-electron chi connectivity index (χ1n) is 6.60. The molecule has 0 amide bonds. The van der Waals surface area contributed by atoms with Crippen LogP contribution in [0.25, 0.3) is 11.5 Å². The standard InChI is InChI=1S/C16H12Cl2N2O2/c1-10-5-7-11(8-6-10)16-20-19-14(22-16)9-21-15-12(17)3-2-4-13(15)18/h2-8H,9H2,1H3. The number of aromatic nitrogens is 2. The van der Waals surface area contributed by atoms with Crippen LogP contribution in [-0.4, -0.2) is 10.2 Å². The van der Waals surface area contributed by atoms with E-state index in [1.807, 2.05) is 31.2 Å². The fourth-order valence-electron chi connectivity index (χ4n) is 1.88. The lowest BCUT2D eigenvalue weighted by molar-refractivity contribution is 0.265. The zero-order valence-electron chi connectivity index (χ0n) is 11.7. The summed E-state index contributed by atoms with van der Waals surface area (Å²) in [5.41, 5.74) is 2.03. The van der Waals surface area contributed by atoms with E-state index in [-0.39, 0.29) is 6.61 Å². The second-order valence-electron chi connectivity index (χ2n) is 4.71. The molecular weight excluding hydrogens is 323 g/mol. The fourth-order valence-corrected chi connectivity index (χ4v) is 2.39. The number of halogens is 2. The van der Waals surface area contributed by atoms with Gasteiger partial charge in [0, 0.05) is 5.56 Å². The van der Waals surface area contributed by atoms with Crippen LogP contribution >= 0.6 is 23.2 Å². The predicted octanol–water partition coefficient (Wildman–Crippen LogP) is 4.93. The molecule has 4 nitrogen and oxygen atoms in total. The first kappa shape index (κ1) is 14.9. The van der Waals surface area contributed by atoms with Gasteiger partial charge in [0.1, 0.15) is 0 Å². The number of benzene rings is 2. The lowest BCUT2D eigenvalue weighted by Gasteiger charge is -2.07. The van der Waals surface area contributed by atoms with Crippen molar-refractivity contribution in [1.29, 1.82) is 0 Å². The Labute approximate surface area is 137 Å². The van der Waals surface area contributed by atoms with Crippen molar-refractivity contribution < 1.29 is 9.15 Å². The van der Waals surface area contributed by atoms with Crippen LogP contribution in [0.5, 0.6) is 5.75 Å². The van der Waals surface area contributed by atoms with Gasteiger partial charge in [-0.05, 0) is 31.2 Å². The van der Waals surface area contributed by atoms with E-state index >= 15 is 0 Å². The maximum Gasteiger partial charge on any atom is 0.254 e. The van der Waals surface area contributed by atoms with Gasteiger partial charge in [0.2, 0.25) is 5.89 Å². The number of nitrogens with zero attached hydrogens (tertiary/aromatic N) is 2. The van der Waals surface area contributed by atoms with Crippen molar-refractivity contribution in [3.8, 4) is 17.2 Å². The summed E-state index contributed by atoms with van der Waals surface area (Å²) in [4.78, 5) is 0. The minimum absolute atomic E-state index is 0.0995. The van der Waals surface area contributed by atoms with Gasteiger partial charge < -0.3 is 9.15 Å². The number of hydrogen-bond donors (Lipinski definition) is 0. The highest BCUT2D eigenvalue weighted by Crippen LogP contribution is 2.33. The molecule has 0 bridgehead atoms. The Bertz CT molecular complexity index is 765. The average Bonchev–Trinajstić information content (AvgIpc) is 2.96. The highest BCUT2D eigenvalue weighted by atomic mass is 35.5. The van der Waals surface area contributed by atoms with E-state index < -0.39 is 0 Å². The van der Waals surface area contributed by atoms with Crippen LogP contribution < -0.4 is 4.74 Å². The Kier molecular flexibility index (Phi) is 4.32. The molecule has 0 saturated heterocycles. The van der Waals surface area contributed by atoms with Crippen LogP contribution in [-0.2, 0) is 6.61 Å². The van der Waals surface area contributed by atoms with Crippen molar-refractivity contribution in [1.82, 2.24) is 10.2 Å². The van der Waals surface area contributed by atoms with Gasteiger partial charge in [0.05, 0.1) is 10.0 Å². The van der Waals surface area contributed by atoms with Gasteiger partial charge in [-0.25, -0.2) is 0 Å². The molecule has 2 aromatic carbocycles. The van der Waals surface area contributed by atoms with Crippen LogP contribution in [0.2, 0.25) is 10.0 Å². The van der Waals surface area contributed by atoms with Crippen molar-refractivity contribution in [2.45, 2.75) is 13.5 Å². The second kappa shape index (κ2) is 6.38. The van der Waals surface area contributed by atoms with Gasteiger partial charge in [0.15, 0.2) is 12.4 Å². The smallest absolute Gasteiger partial charge is 0.254 e. The molecule has 3 rings (SSSR count). The summed E-state index contributed by atoms with van der Waals surface area (Å²) in [6.45, 7) is 2.12. The van der Waals surface area contributed by atoms with E-state index in [1.165, 1.54) is 5.56 Å². The summed E-state index contributed by atoms with van der Waals surface area (Å²) in [5.74, 6) is 1.20. The highest BCUT2D eigenvalue weighted by molar-refractivity contribution is 6.37. The summed E-state index contributed by atoms with van der Waals surface area (Å²) >= 11 is 12.1. The van der Waals surface area contributed by atoms with Crippen molar-refractivity contribution in [2.24, 2.45) is 0 Å². The van der Waals surface area contributed by atoms with Crippen LogP contribution in [0, 0.1) is 6.92 Å². The molecule has 0 aliphatic heterocycles. The number of rotatable bonds is 4. The topological polar surface area (TPSA) is 48.2 Å². The molecule has 0 spiro atoms. The normalized spacial score (nSPS) is 10.7. The molecule has 6 heteroatoms. The van der Waals surface area contributed by atoms with Crippen LogP contribution in [0.1, 0.15) is 11.5 Å². The number of ether oxygens (including phenoxy) is 1. The molecule has 0 fully saturated rings. The van der Waals surface area contributed by atoms with Gasteiger partial charge in [0.25, 0.3) is 5.89 Å². The van der Waals surface area contributed by atoms with E-state index in [0.717, 1.165) is 5.56 Å². The molecule has 0 aliphatic carbocycles. The fraction of sp³-hybridized carbons (Fsp3) is 0.125. The van der Waals surface area contributed by atoms with Crippen molar-refractivity contribution >= 4 is 23.2 Å². The zero-order valence-corrected chi connectivity index (χ0v) is 13.2. The third-order valence-electron chi connectivity index (χ3n) is 3.02. The highest BCUT2D eigenvalue weighted by Gasteiger charge is 2.11. The molecule has 3 aromatic rings. The van der Waals surface area contributed by atoms with E-state index in [9.17, 15) is 0 Å². The van der Waals surface area contributed by atoms with Gasteiger partial charge in [-0.1, -0.05) is 47.0 Å². The maximum absolute atomic E-state index is 6.04. The van der Waals surface area contributed by atoms with E-state index in [2.05, 4.69) is 10.2 Å². The monoisotopic (exact) mass is 334 g/mol. The molecule has 0 saturated carbocycles. The molecule has 1 aromatic heterocycles. The first-order chi connectivity index (χ1) is 10.6. The number of aryl methyl sites for hydroxylation is 1. The molecule has 22 heavy (non-hydrogen) atoms. The van der Waals surface area contributed by atoms with Crippen molar-refractivity contribution in [3.63, 3.8) is 0 Å². The van der Waals surface area contributed by atoms with Crippen LogP contribution in [0.3, 0.4) is 0 Å². The predicted molar refractivity (Wildman–Crippen MR) is 85.3 cm³/mol. The quantitative estimate of drug-likeness (QED) is 0.678. The Morgan fingerprint density at radius 2 is 1.68 bits per heavy atom. The largest absolute Gasteiger partial charge is 0.481 e. The Morgan fingerprint density at radius 1 is 1.00 bits per heavy atom. The Morgan fingerprint density at radius 3 is 2.36 bits per heavy atom. The van der Waals surface area contributed by atoms with Crippen LogP contribution in [0.15, 0.2) is 46.9 Å². The molecule has 0 radical (unpaired) electrons. The lowest BCUT2D eigenvalue weighted by Crippen LogP contribution is -1.96. The summed E-state index contributed by atoms with van der Waals surface area (Å²) in [6.07, 6.45) is 0. The third kappa shape index (κ3) is 3.24. The molecule has 1 heterocycles. The summed E-state index contributed by atoms with van der Waals surface area (Å²) < 4.78 is 11.1. The minimum Gasteiger partial charge on any atom is -0.481 e. The average molecular weight is 335 g/mol. The van der Waals surface area contributed by atoms with Gasteiger partial charge in [-0.3, -0.25) is 0 Å². The van der Waals surface area contributed by atoms with Crippen molar-refractivity contribution in [2.75, 3.05) is 0 Å². The first-order valence-corrected chi connectivity index (χ1v) is 7.35. The molecule has 112 valence electrons. The third-order valence-corrected chi connectivity index (χ3v) is 3.62. The summed E-state index contributed by atoms with van der Waals surface area (Å²) in [6, 6.07) is 13.0. The SMILES string of the molecule is Cc1ccc(-c2nnc(COc3c(Cl)cccc3Cl)o2)cc1. The minimum atomic E-state index is 0.0995. The van der Waals surface area contributed by atoms with E-state index in [0.29, 0.717) is 27.6 Å². The van der Waals surface area contributed by atoms with E-state index in [4.69, 9.17) is 32.4 Å². The number of hydrogen-bond acceptors (Lipinski definition) is 4. The Hall–Kier alpha value is -2.04. The molecule has 0 N–H and O–H groups in total. The molecule has 0 atom stereocenters. The van der Waals surface area contributed by atoms with E-state index in [1.54, 1.807) is 18.2 Å². The molecule has 0 unspecified atom stereocenters. The molecular formula is C16H12Cl2N2O2. The maximum atomic E-state index is 6.04. The molecule has 0 aliphatic rings. The lowest BCUT2D eigenvalue weighted by atomic mass is 10.1. The van der Waals surface area contributed by atoms with Crippen molar-refractivity contribution in [3.05, 3.63) is 64.0 Å². The number of para-hydroxylation sites is 1. The summed E-state index contributed by atoms with van der Waals surface area (Å²) in [7, 11) is 0.